The first-order valence-corrected chi connectivity index (χ1v) is 7.46. The van der Waals surface area contributed by atoms with Crippen LogP contribution in [-0.2, 0) is 4.79 Å². The average Bonchev–Trinajstić information content (AvgIpc) is 3.16. The van der Waals surface area contributed by atoms with Gasteiger partial charge in [0, 0.05) is 24.1 Å². The van der Waals surface area contributed by atoms with Crippen molar-refractivity contribution in [3.8, 4) is 0 Å². The first kappa shape index (κ1) is 13.7. The van der Waals surface area contributed by atoms with Gasteiger partial charge in [-0.3, -0.25) is 4.79 Å². The highest BCUT2D eigenvalue weighted by Gasteiger charge is 2.33. The smallest absolute Gasteiger partial charge is 0.230 e. The Labute approximate surface area is 125 Å². The van der Waals surface area contributed by atoms with Crippen LogP contribution in [0, 0.1) is 0 Å². The molecule has 0 saturated carbocycles. The molecule has 1 aromatic carbocycles. The van der Waals surface area contributed by atoms with Crippen LogP contribution < -0.4 is 5.73 Å². The van der Waals surface area contributed by atoms with E-state index in [0.29, 0.717) is 5.69 Å². The molecule has 3 N–H and O–H groups in total. The minimum absolute atomic E-state index is 0.163. The summed E-state index contributed by atoms with van der Waals surface area (Å²) in [5.74, 6) is 0.0155. The molecule has 0 aliphatic carbocycles. The molecule has 0 spiro atoms. The molecule has 1 aromatic heterocycles. The van der Waals surface area contributed by atoms with E-state index in [1.54, 1.807) is 0 Å². The number of hydrogen-bond acceptors (Lipinski definition) is 2. The summed E-state index contributed by atoms with van der Waals surface area (Å²) in [6.07, 6.45) is 3.99. The monoisotopic (exact) mass is 283 g/mol. The number of carbonyl (C=O) groups excluding carboxylic acids is 1. The van der Waals surface area contributed by atoms with Crippen LogP contribution in [0.1, 0.15) is 43.0 Å². The van der Waals surface area contributed by atoms with Gasteiger partial charge in [0.1, 0.15) is 0 Å². The summed E-state index contributed by atoms with van der Waals surface area (Å²) in [7, 11) is 0. The zero-order valence-corrected chi connectivity index (χ0v) is 12.3. The number of rotatable bonds is 3. The number of aromatic nitrogens is 1. The second-order valence-corrected chi connectivity index (χ2v) is 5.71. The summed E-state index contributed by atoms with van der Waals surface area (Å²) in [6.45, 7) is 2.79. The van der Waals surface area contributed by atoms with Crippen LogP contribution >= 0.6 is 0 Å². The summed E-state index contributed by atoms with van der Waals surface area (Å²) < 4.78 is 0. The van der Waals surface area contributed by atoms with E-state index in [9.17, 15) is 4.79 Å². The lowest BCUT2D eigenvalue weighted by molar-refractivity contribution is -0.133. The molecule has 2 unspecified atom stereocenters. The van der Waals surface area contributed by atoms with E-state index in [4.69, 9.17) is 5.73 Å². The van der Waals surface area contributed by atoms with Crippen molar-refractivity contribution in [3.05, 3.63) is 53.9 Å². The quantitative estimate of drug-likeness (QED) is 0.850. The number of aromatic amines is 1. The molecule has 1 fully saturated rings. The van der Waals surface area contributed by atoms with Gasteiger partial charge in [-0.1, -0.05) is 12.1 Å². The highest BCUT2D eigenvalue weighted by molar-refractivity contribution is 5.84. The molecule has 0 bridgehead atoms. The Morgan fingerprint density at radius 2 is 2.24 bits per heavy atom. The van der Waals surface area contributed by atoms with Crippen LogP contribution in [0.2, 0.25) is 0 Å². The largest absolute Gasteiger partial charge is 0.399 e. The zero-order valence-electron chi connectivity index (χ0n) is 12.3. The number of amides is 1. The highest BCUT2D eigenvalue weighted by Crippen LogP contribution is 2.33. The van der Waals surface area contributed by atoms with Crippen LogP contribution in [0.4, 0.5) is 5.69 Å². The van der Waals surface area contributed by atoms with Gasteiger partial charge in [-0.25, -0.2) is 0 Å². The summed E-state index contributed by atoms with van der Waals surface area (Å²) >= 11 is 0. The first-order chi connectivity index (χ1) is 10.2. The zero-order chi connectivity index (χ0) is 14.8. The van der Waals surface area contributed by atoms with Crippen molar-refractivity contribution < 1.29 is 4.79 Å². The maximum atomic E-state index is 12.8. The average molecular weight is 283 g/mol. The van der Waals surface area contributed by atoms with Crippen molar-refractivity contribution in [3.63, 3.8) is 0 Å². The Bertz CT molecular complexity index is 621. The van der Waals surface area contributed by atoms with E-state index < -0.39 is 0 Å². The molecule has 1 aliphatic rings. The van der Waals surface area contributed by atoms with Gasteiger partial charge in [0.25, 0.3) is 0 Å². The minimum atomic E-state index is -0.163. The van der Waals surface area contributed by atoms with Crippen LogP contribution in [0.5, 0.6) is 0 Å². The second kappa shape index (κ2) is 5.64. The molecule has 2 aromatic rings. The molecule has 110 valence electrons. The summed E-state index contributed by atoms with van der Waals surface area (Å²) in [5.41, 5.74) is 8.64. The first-order valence-electron chi connectivity index (χ1n) is 7.46. The lowest BCUT2D eigenvalue weighted by Gasteiger charge is -2.27. The van der Waals surface area contributed by atoms with Crippen molar-refractivity contribution >= 4 is 11.6 Å². The minimum Gasteiger partial charge on any atom is -0.399 e. The number of anilines is 1. The van der Waals surface area contributed by atoms with Gasteiger partial charge < -0.3 is 15.6 Å². The number of nitrogens with zero attached hydrogens (tertiary/aromatic N) is 1. The molecule has 1 aliphatic heterocycles. The molecular formula is C17H21N3O. The van der Waals surface area contributed by atoms with Gasteiger partial charge >= 0.3 is 0 Å². The van der Waals surface area contributed by atoms with Crippen LogP contribution in [0.25, 0.3) is 0 Å². The van der Waals surface area contributed by atoms with E-state index in [2.05, 4.69) is 11.1 Å². The van der Waals surface area contributed by atoms with E-state index in [1.807, 2.05) is 48.4 Å². The number of benzene rings is 1. The Balaban J connectivity index is 1.81. The molecule has 4 nitrogen and oxygen atoms in total. The van der Waals surface area contributed by atoms with Crippen LogP contribution in [-0.4, -0.2) is 22.3 Å². The van der Waals surface area contributed by atoms with E-state index in [0.717, 1.165) is 30.6 Å². The third-order valence-electron chi connectivity index (χ3n) is 4.30. The van der Waals surface area contributed by atoms with Crippen molar-refractivity contribution in [1.29, 1.82) is 0 Å². The van der Waals surface area contributed by atoms with Gasteiger partial charge in [0.05, 0.1) is 12.0 Å². The van der Waals surface area contributed by atoms with Crippen LogP contribution in [0.15, 0.2) is 42.6 Å². The lowest BCUT2D eigenvalue weighted by atomic mass is 9.98. The number of hydrogen-bond donors (Lipinski definition) is 2. The van der Waals surface area contributed by atoms with Crippen molar-refractivity contribution in [2.75, 3.05) is 12.3 Å². The second-order valence-electron chi connectivity index (χ2n) is 5.71. The molecule has 2 heterocycles. The number of likely N-dealkylation sites (tertiary alicyclic amines) is 1. The van der Waals surface area contributed by atoms with Crippen molar-refractivity contribution in [2.24, 2.45) is 0 Å². The topological polar surface area (TPSA) is 62.1 Å². The maximum absolute atomic E-state index is 12.8. The Hall–Kier alpha value is -2.23. The molecule has 21 heavy (non-hydrogen) atoms. The van der Waals surface area contributed by atoms with E-state index in [-0.39, 0.29) is 17.9 Å². The molecule has 1 saturated heterocycles. The number of nitrogens with one attached hydrogen (secondary N) is 1. The fraction of sp³-hybridized carbons (Fsp3) is 0.353. The Morgan fingerprint density at radius 3 is 2.95 bits per heavy atom. The van der Waals surface area contributed by atoms with Crippen LogP contribution in [0.3, 0.4) is 0 Å². The highest BCUT2D eigenvalue weighted by atomic mass is 16.2. The molecule has 1 amide bonds. The predicted octanol–water partition coefficient (Wildman–Crippen LogP) is 3.06. The SMILES string of the molecule is CC(C(=O)N1CCCC1c1ccc[nH]1)c1cccc(N)c1. The number of H-pyrrole nitrogens is 1. The van der Waals surface area contributed by atoms with Crippen molar-refractivity contribution in [2.45, 2.75) is 31.7 Å². The number of nitrogens with two attached hydrogens (primary N) is 1. The molecule has 4 heteroatoms. The molecule has 0 radical (unpaired) electrons. The van der Waals surface area contributed by atoms with Gasteiger partial charge in [-0.05, 0) is 49.6 Å². The van der Waals surface area contributed by atoms with Gasteiger partial charge in [0.2, 0.25) is 5.91 Å². The number of carbonyl (C=O) groups is 1. The standard InChI is InChI=1S/C17H21N3O/c1-12(13-5-2-6-14(18)11-13)17(21)20-10-4-8-16(20)15-7-3-9-19-15/h2-3,5-7,9,11-12,16,19H,4,8,10,18H2,1H3. The summed E-state index contributed by atoms with van der Waals surface area (Å²) in [4.78, 5) is 18.1. The molecular weight excluding hydrogens is 262 g/mol. The number of nitrogen functional groups attached to an aromatic ring is 1. The molecule has 2 atom stereocenters. The van der Waals surface area contributed by atoms with Crippen molar-refractivity contribution in [1.82, 2.24) is 9.88 Å². The molecule has 3 rings (SSSR count). The summed E-state index contributed by atoms with van der Waals surface area (Å²) in [6, 6.07) is 11.8. The van der Waals surface area contributed by atoms with E-state index >= 15 is 0 Å². The van der Waals surface area contributed by atoms with Gasteiger partial charge in [0.15, 0.2) is 0 Å². The third-order valence-corrected chi connectivity index (χ3v) is 4.30. The fourth-order valence-corrected chi connectivity index (χ4v) is 3.12. The van der Waals surface area contributed by atoms with Gasteiger partial charge in [-0.2, -0.15) is 0 Å². The third kappa shape index (κ3) is 2.66. The Kier molecular flexibility index (Phi) is 3.69. The maximum Gasteiger partial charge on any atom is 0.230 e. The van der Waals surface area contributed by atoms with Gasteiger partial charge in [-0.15, -0.1) is 0 Å². The normalized spacial score (nSPS) is 19.7. The van der Waals surface area contributed by atoms with E-state index in [1.165, 1.54) is 0 Å². The summed E-state index contributed by atoms with van der Waals surface area (Å²) in [5, 5.41) is 0. The Morgan fingerprint density at radius 1 is 1.38 bits per heavy atom. The lowest BCUT2D eigenvalue weighted by Crippen LogP contribution is -2.34. The predicted molar refractivity (Wildman–Crippen MR) is 83.8 cm³/mol. The fourth-order valence-electron chi connectivity index (χ4n) is 3.12.